The third-order valence-electron chi connectivity index (χ3n) is 1.72. The highest BCUT2D eigenvalue weighted by molar-refractivity contribution is 5.98. The zero-order chi connectivity index (χ0) is 10.7. The number of rotatable bonds is 3. The van der Waals surface area contributed by atoms with Crippen LogP contribution < -0.4 is 5.73 Å². The Morgan fingerprint density at radius 2 is 2.27 bits per heavy atom. The number of halogens is 1. The maximum atomic E-state index is 11.0. The first kappa shape index (κ1) is 13.7. The molecule has 0 aromatic carbocycles. The van der Waals surface area contributed by atoms with Crippen LogP contribution in [0.1, 0.15) is 0 Å². The van der Waals surface area contributed by atoms with E-state index in [-0.39, 0.29) is 25.6 Å². The molecule has 86 valence electrons. The molecule has 1 aliphatic heterocycles. The number of nitrogens with zero attached hydrogens (tertiary/aromatic N) is 1. The smallest absolute Gasteiger partial charge is 0.417 e. The van der Waals surface area contributed by atoms with Crippen molar-refractivity contribution in [2.45, 2.75) is 6.04 Å². The maximum Gasteiger partial charge on any atom is 0.417 e. The Labute approximate surface area is 91.9 Å². The highest BCUT2D eigenvalue weighted by atomic mass is 35.5. The summed E-state index contributed by atoms with van der Waals surface area (Å²) in [6, 6.07) is -1.03. The highest BCUT2D eigenvalue weighted by Gasteiger charge is 2.33. The molecule has 0 bridgehead atoms. The van der Waals surface area contributed by atoms with Gasteiger partial charge in [0.15, 0.2) is 6.61 Å². The van der Waals surface area contributed by atoms with Crippen LogP contribution >= 0.6 is 12.4 Å². The molecule has 0 aliphatic carbocycles. The topological polar surface area (TPSA) is 98.9 Å². The molecular weight excluding hydrogens is 228 g/mol. The summed E-state index contributed by atoms with van der Waals surface area (Å²) in [7, 11) is 1.17. The quantitative estimate of drug-likeness (QED) is 0.626. The van der Waals surface area contributed by atoms with Gasteiger partial charge in [-0.05, 0) is 0 Å². The first-order valence-electron chi connectivity index (χ1n) is 3.86. The molecule has 0 aromatic rings. The lowest BCUT2D eigenvalue weighted by Crippen LogP contribution is -2.45. The van der Waals surface area contributed by atoms with Crippen molar-refractivity contribution < 1.29 is 23.9 Å². The average Bonchev–Trinajstić information content (AvgIpc) is 2.48. The third kappa shape index (κ3) is 3.07. The van der Waals surface area contributed by atoms with Gasteiger partial charge in [0.2, 0.25) is 0 Å². The summed E-state index contributed by atoms with van der Waals surface area (Å²) in [6.07, 6.45) is -0.783. The molecule has 2 N–H and O–H groups in total. The Morgan fingerprint density at radius 1 is 1.67 bits per heavy atom. The van der Waals surface area contributed by atoms with Gasteiger partial charge < -0.3 is 15.2 Å². The van der Waals surface area contributed by atoms with Crippen molar-refractivity contribution >= 4 is 30.4 Å². The van der Waals surface area contributed by atoms with E-state index in [2.05, 4.69) is 9.47 Å². The second kappa shape index (κ2) is 5.52. The SMILES string of the molecule is COC(=O)C(N)CN1C(=O)COC1=O.Cl. The maximum absolute atomic E-state index is 11.0. The van der Waals surface area contributed by atoms with E-state index in [9.17, 15) is 14.4 Å². The number of hydrogen-bond acceptors (Lipinski definition) is 6. The van der Waals surface area contributed by atoms with E-state index in [0.717, 1.165) is 4.90 Å². The number of esters is 1. The van der Waals surface area contributed by atoms with Crippen molar-refractivity contribution in [2.24, 2.45) is 5.73 Å². The molecule has 0 spiro atoms. The van der Waals surface area contributed by atoms with Gasteiger partial charge >= 0.3 is 12.1 Å². The third-order valence-corrected chi connectivity index (χ3v) is 1.72. The number of hydrogen-bond donors (Lipinski definition) is 1. The van der Waals surface area contributed by atoms with Gasteiger partial charge in [-0.15, -0.1) is 12.4 Å². The van der Waals surface area contributed by atoms with E-state index < -0.39 is 24.0 Å². The van der Waals surface area contributed by atoms with Gasteiger partial charge in [-0.1, -0.05) is 0 Å². The fourth-order valence-electron chi connectivity index (χ4n) is 0.980. The molecule has 2 amide bonds. The van der Waals surface area contributed by atoms with E-state index in [1.807, 2.05) is 0 Å². The number of cyclic esters (lactones) is 1. The van der Waals surface area contributed by atoms with Gasteiger partial charge in [0.05, 0.1) is 13.7 Å². The molecular formula is C7H11ClN2O5. The van der Waals surface area contributed by atoms with Crippen LogP contribution in [0, 0.1) is 0 Å². The molecule has 0 aromatic heterocycles. The molecule has 1 fully saturated rings. The molecule has 0 radical (unpaired) electrons. The summed E-state index contributed by atoms with van der Waals surface area (Å²) >= 11 is 0. The van der Waals surface area contributed by atoms with Crippen LogP contribution in [0.3, 0.4) is 0 Å². The summed E-state index contributed by atoms with van der Waals surface area (Å²) in [4.78, 5) is 33.6. The van der Waals surface area contributed by atoms with Crippen LogP contribution in [-0.2, 0) is 19.1 Å². The number of methoxy groups -OCH3 is 1. The van der Waals surface area contributed by atoms with Gasteiger partial charge in [-0.3, -0.25) is 9.59 Å². The van der Waals surface area contributed by atoms with Gasteiger partial charge in [0.1, 0.15) is 6.04 Å². The molecule has 7 nitrogen and oxygen atoms in total. The minimum atomic E-state index is -1.03. The normalized spacial score (nSPS) is 16.8. The lowest BCUT2D eigenvalue weighted by Gasteiger charge is -2.14. The van der Waals surface area contributed by atoms with Crippen LogP contribution in [0.25, 0.3) is 0 Å². The number of imide groups is 1. The summed E-state index contributed by atoms with van der Waals surface area (Å²) < 4.78 is 8.76. The van der Waals surface area contributed by atoms with Crippen molar-refractivity contribution in [3.63, 3.8) is 0 Å². The van der Waals surface area contributed by atoms with E-state index in [4.69, 9.17) is 5.73 Å². The molecule has 1 saturated heterocycles. The summed E-state index contributed by atoms with van der Waals surface area (Å²) in [6.45, 7) is -0.517. The molecule has 0 saturated carbocycles. The van der Waals surface area contributed by atoms with Crippen LogP contribution in [-0.4, -0.2) is 49.2 Å². The minimum absolute atomic E-state index is 0. The standard InChI is InChI=1S/C7H10N2O5.ClH/c1-13-6(11)4(8)2-9-5(10)3-14-7(9)12;/h4H,2-3,8H2,1H3;1H. The lowest BCUT2D eigenvalue weighted by atomic mass is 10.3. The first-order chi connectivity index (χ1) is 6.56. The zero-order valence-electron chi connectivity index (χ0n) is 7.97. The fraction of sp³-hybridized carbons (Fsp3) is 0.571. The van der Waals surface area contributed by atoms with Crippen molar-refractivity contribution in [1.29, 1.82) is 0 Å². The van der Waals surface area contributed by atoms with Crippen LogP contribution in [0.2, 0.25) is 0 Å². The first-order valence-corrected chi connectivity index (χ1v) is 3.86. The van der Waals surface area contributed by atoms with Crippen molar-refractivity contribution in [3.8, 4) is 0 Å². The van der Waals surface area contributed by atoms with Crippen LogP contribution in [0.4, 0.5) is 4.79 Å². The van der Waals surface area contributed by atoms with Gasteiger partial charge in [0.25, 0.3) is 5.91 Å². The highest BCUT2D eigenvalue weighted by Crippen LogP contribution is 2.05. The van der Waals surface area contributed by atoms with E-state index in [1.165, 1.54) is 7.11 Å². The monoisotopic (exact) mass is 238 g/mol. The Hall–Kier alpha value is -1.34. The Bertz CT molecular complexity index is 267. The number of carbonyl (C=O) groups is 3. The van der Waals surface area contributed by atoms with Crippen molar-refractivity contribution in [1.82, 2.24) is 4.90 Å². The average molecular weight is 239 g/mol. The van der Waals surface area contributed by atoms with Gasteiger partial charge in [-0.25, -0.2) is 9.69 Å². The molecule has 15 heavy (non-hydrogen) atoms. The second-order valence-corrected chi connectivity index (χ2v) is 2.69. The number of amides is 2. The van der Waals surface area contributed by atoms with Crippen molar-refractivity contribution in [3.05, 3.63) is 0 Å². The molecule has 8 heteroatoms. The Balaban J connectivity index is 0.00000196. The van der Waals surface area contributed by atoms with Crippen LogP contribution in [0.15, 0.2) is 0 Å². The second-order valence-electron chi connectivity index (χ2n) is 2.69. The zero-order valence-corrected chi connectivity index (χ0v) is 8.78. The number of carbonyl (C=O) groups excluding carboxylic acids is 3. The number of ether oxygens (including phenoxy) is 2. The largest absolute Gasteiger partial charge is 0.468 e. The molecule has 1 unspecified atom stereocenters. The molecule has 1 rings (SSSR count). The predicted molar refractivity (Wildman–Crippen MR) is 50.3 cm³/mol. The van der Waals surface area contributed by atoms with E-state index >= 15 is 0 Å². The minimum Gasteiger partial charge on any atom is -0.468 e. The van der Waals surface area contributed by atoms with Crippen molar-refractivity contribution in [2.75, 3.05) is 20.3 Å². The fourth-order valence-corrected chi connectivity index (χ4v) is 0.980. The van der Waals surface area contributed by atoms with E-state index in [0.29, 0.717) is 0 Å². The Morgan fingerprint density at radius 3 is 2.67 bits per heavy atom. The summed E-state index contributed by atoms with van der Waals surface area (Å²) in [5.74, 6) is -1.19. The molecule has 1 atom stereocenters. The summed E-state index contributed by atoms with van der Waals surface area (Å²) in [5.41, 5.74) is 5.36. The Kier molecular flexibility index (Phi) is 5.03. The predicted octanol–water partition coefficient (Wildman–Crippen LogP) is -1.11. The molecule has 1 aliphatic rings. The lowest BCUT2D eigenvalue weighted by molar-refractivity contribution is -0.142. The number of nitrogens with two attached hydrogens (primary N) is 1. The summed E-state index contributed by atoms with van der Waals surface area (Å²) in [5, 5.41) is 0. The van der Waals surface area contributed by atoms with Gasteiger partial charge in [0, 0.05) is 0 Å². The van der Waals surface area contributed by atoms with Crippen LogP contribution in [0.5, 0.6) is 0 Å². The molecule has 1 heterocycles. The van der Waals surface area contributed by atoms with Gasteiger partial charge in [-0.2, -0.15) is 0 Å². The van der Waals surface area contributed by atoms with E-state index in [1.54, 1.807) is 0 Å².